The van der Waals surface area contributed by atoms with Crippen molar-refractivity contribution in [3.63, 3.8) is 0 Å². The van der Waals surface area contributed by atoms with Gasteiger partial charge in [0, 0.05) is 6.54 Å². The molecule has 0 amide bonds. The van der Waals surface area contributed by atoms with Crippen molar-refractivity contribution in [2.45, 2.75) is 38.0 Å². The Morgan fingerprint density at radius 3 is 2.15 bits per heavy atom. The molecule has 6 heteroatoms. The van der Waals surface area contributed by atoms with Crippen LogP contribution in [0.15, 0.2) is 41.3 Å². The van der Waals surface area contributed by atoms with Gasteiger partial charge in [0.05, 0.1) is 24.7 Å². The van der Waals surface area contributed by atoms with Crippen LogP contribution < -0.4 is 14.2 Å². The zero-order valence-corrected chi connectivity index (χ0v) is 16.8. The minimum absolute atomic E-state index is 0.126. The molecule has 0 radical (unpaired) electrons. The van der Waals surface area contributed by atoms with Crippen molar-refractivity contribution in [1.29, 1.82) is 0 Å². The monoisotopic (exact) mass is 377 g/mol. The number of benzene rings is 2. The van der Waals surface area contributed by atoms with Gasteiger partial charge in [-0.1, -0.05) is 32.9 Å². The standard InChI is InChI=1S/C20H27NO4S/c1-6-12-21-26(22,23)15-10-11-16(17(13-15)14(2)3)20-18(24-4)8-7-9-19(20)25-5/h7-11,13-14,21H,6,12H2,1-5H3. The third-order valence-electron chi connectivity index (χ3n) is 4.19. The van der Waals surface area contributed by atoms with Crippen molar-refractivity contribution in [3.8, 4) is 22.6 Å². The van der Waals surface area contributed by atoms with E-state index in [4.69, 9.17) is 9.47 Å². The predicted molar refractivity (Wildman–Crippen MR) is 105 cm³/mol. The molecule has 1 N–H and O–H groups in total. The highest BCUT2D eigenvalue weighted by Crippen LogP contribution is 2.42. The number of methoxy groups -OCH3 is 2. The zero-order valence-electron chi connectivity index (χ0n) is 16.0. The molecule has 0 unspecified atom stereocenters. The van der Waals surface area contributed by atoms with E-state index in [0.29, 0.717) is 18.0 Å². The smallest absolute Gasteiger partial charge is 0.240 e. The number of hydrogen-bond donors (Lipinski definition) is 1. The van der Waals surface area contributed by atoms with Crippen molar-refractivity contribution < 1.29 is 17.9 Å². The summed E-state index contributed by atoms with van der Waals surface area (Å²) in [7, 11) is -0.297. The molecular weight excluding hydrogens is 350 g/mol. The maximum Gasteiger partial charge on any atom is 0.240 e. The molecule has 0 atom stereocenters. The fourth-order valence-electron chi connectivity index (χ4n) is 2.85. The Hall–Kier alpha value is -2.05. The summed E-state index contributed by atoms with van der Waals surface area (Å²) in [6.07, 6.45) is 0.743. The molecule has 2 aromatic carbocycles. The van der Waals surface area contributed by atoms with Gasteiger partial charge >= 0.3 is 0 Å². The van der Waals surface area contributed by atoms with Crippen molar-refractivity contribution in [3.05, 3.63) is 42.0 Å². The van der Waals surface area contributed by atoms with Crippen LogP contribution in [-0.4, -0.2) is 29.2 Å². The SMILES string of the molecule is CCCNS(=O)(=O)c1ccc(-c2c(OC)cccc2OC)c(C(C)C)c1. The summed E-state index contributed by atoms with van der Waals surface area (Å²) in [6.45, 7) is 6.42. The van der Waals surface area contributed by atoms with Crippen molar-refractivity contribution in [1.82, 2.24) is 4.72 Å². The minimum Gasteiger partial charge on any atom is -0.496 e. The number of hydrogen-bond acceptors (Lipinski definition) is 4. The van der Waals surface area contributed by atoms with Crippen LogP contribution in [0.2, 0.25) is 0 Å². The first kappa shape index (κ1) is 20.3. The van der Waals surface area contributed by atoms with Crippen LogP contribution in [0.1, 0.15) is 38.7 Å². The zero-order chi connectivity index (χ0) is 19.3. The number of nitrogens with one attached hydrogen (secondary N) is 1. The van der Waals surface area contributed by atoms with Gasteiger partial charge in [-0.25, -0.2) is 13.1 Å². The summed E-state index contributed by atoms with van der Waals surface area (Å²) in [5.41, 5.74) is 2.66. The predicted octanol–water partition coefficient (Wildman–Crippen LogP) is 4.18. The molecule has 0 aliphatic heterocycles. The van der Waals surface area contributed by atoms with Crippen molar-refractivity contribution in [2.75, 3.05) is 20.8 Å². The van der Waals surface area contributed by atoms with Crippen LogP contribution >= 0.6 is 0 Å². The van der Waals surface area contributed by atoms with Crippen LogP contribution in [0, 0.1) is 0 Å². The summed E-state index contributed by atoms with van der Waals surface area (Å²) < 4.78 is 38.7. The molecule has 0 spiro atoms. The molecule has 2 rings (SSSR count). The fraction of sp³-hybridized carbons (Fsp3) is 0.400. The van der Waals surface area contributed by atoms with Crippen LogP contribution in [0.4, 0.5) is 0 Å². The second-order valence-corrected chi connectivity index (χ2v) is 8.11. The molecule has 0 fully saturated rings. The lowest BCUT2D eigenvalue weighted by molar-refractivity contribution is 0.397. The molecule has 0 bridgehead atoms. The molecule has 0 aliphatic rings. The summed E-state index contributed by atoms with van der Waals surface area (Å²) >= 11 is 0. The van der Waals surface area contributed by atoms with E-state index in [2.05, 4.69) is 4.72 Å². The van der Waals surface area contributed by atoms with Gasteiger partial charge in [-0.2, -0.15) is 0 Å². The normalized spacial score (nSPS) is 11.6. The maximum atomic E-state index is 12.5. The van der Waals surface area contributed by atoms with E-state index >= 15 is 0 Å². The van der Waals surface area contributed by atoms with E-state index in [9.17, 15) is 8.42 Å². The van der Waals surface area contributed by atoms with Crippen LogP contribution in [-0.2, 0) is 10.0 Å². The summed E-state index contributed by atoms with van der Waals surface area (Å²) in [6, 6.07) is 10.8. The summed E-state index contributed by atoms with van der Waals surface area (Å²) in [5.74, 6) is 1.50. The Morgan fingerprint density at radius 2 is 1.65 bits per heavy atom. The van der Waals surface area contributed by atoms with Crippen LogP contribution in [0.25, 0.3) is 11.1 Å². The number of rotatable bonds is 8. The third-order valence-corrected chi connectivity index (χ3v) is 5.65. The minimum atomic E-state index is -3.52. The maximum absolute atomic E-state index is 12.5. The average Bonchev–Trinajstić information content (AvgIpc) is 2.65. The summed E-state index contributed by atoms with van der Waals surface area (Å²) in [4.78, 5) is 0.271. The van der Waals surface area contributed by atoms with Gasteiger partial charge in [0.15, 0.2) is 0 Å². The second-order valence-electron chi connectivity index (χ2n) is 6.34. The molecule has 0 heterocycles. The van der Waals surface area contributed by atoms with Gasteiger partial charge in [-0.15, -0.1) is 0 Å². The van der Waals surface area contributed by atoms with E-state index in [0.717, 1.165) is 23.1 Å². The second kappa shape index (κ2) is 8.56. The lowest BCUT2D eigenvalue weighted by Gasteiger charge is -2.19. The molecule has 0 saturated heterocycles. The van der Waals surface area contributed by atoms with Gasteiger partial charge in [-0.05, 0) is 47.7 Å². The van der Waals surface area contributed by atoms with E-state index in [1.165, 1.54) is 0 Å². The molecular formula is C20H27NO4S. The topological polar surface area (TPSA) is 64.6 Å². The lowest BCUT2D eigenvalue weighted by atomic mass is 9.91. The lowest BCUT2D eigenvalue weighted by Crippen LogP contribution is -2.24. The molecule has 142 valence electrons. The Balaban J connectivity index is 2.66. The highest BCUT2D eigenvalue weighted by molar-refractivity contribution is 7.89. The van der Waals surface area contributed by atoms with E-state index < -0.39 is 10.0 Å². The number of ether oxygens (including phenoxy) is 2. The van der Waals surface area contributed by atoms with Gasteiger partial charge in [0.1, 0.15) is 11.5 Å². The van der Waals surface area contributed by atoms with E-state index in [-0.39, 0.29) is 10.8 Å². The van der Waals surface area contributed by atoms with Crippen molar-refractivity contribution >= 4 is 10.0 Å². The Labute approximate surface area is 156 Å². The van der Waals surface area contributed by atoms with E-state index in [1.807, 2.05) is 45.0 Å². The first-order chi connectivity index (χ1) is 12.4. The third kappa shape index (κ3) is 4.19. The highest BCUT2D eigenvalue weighted by Gasteiger charge is 2.21. The van der Waals surface area contributed by atoms with Crippen LogP contribution in [0.5, 0.6) is 11.5 Å². The first-order valence-electron chi connectivity index (χ1n) is 8.70. The first-order valence-corrected chi connectivity index (χ1v) is 10.2. The number of sulfonamides is 1. The Bertz CT molecular complexity index is 838. The average molecular weight is 378 g/mol. The molecule has 26 heavy (non-hydrogen) atoms. The molecule has 0 aromatic heterocycles. The quantitative estimate of drug-likeness (QED) is 0.749. The van der Waals surface area contributed by atoms with E-state index in [1.54, 1.807) is 26.4 Å². The largest absolute Gasteiger partial charge is 0.496 e. The Kier molecular flexibility index (Phi) is 6.67. The van der Waals surface area contributed by atoms with Crippen molar-refractivity contribution in [2.24, 2.45) is 0 Å². The van der Waals surface area contributed by atoms with Gasteiger partial charge in [0.2, 0.25) is 10.0 Å². The summed E-state index contributed by atoms with van der Waals surface area (Å²) in [5, 5.41) is 0. The van der Waals surface area contributed by atoms with Gasteiger partial charge < -0.3 is 9.47 Å². The Morgan fingerprint density at radius 1 is 1.04 bits per heavy atom. The molecule has 5 nitrogen and oxygen atoms in total. The molecule has 0 aliphatic carbocycles. The van der Waals surface area contributed by atoms with Gasteiger partial charge in [-0.3, -0.25) is 0 Å². The molecule has 0 saturated carbocycles. The van der Waals surface area contributed by atoms with Crippen LogP contribution in [0.3, 0.4) is 0 Å². The van der Waals surface area contributed by atoms with Gasteiger partial charge in [0.25, 0.3) is 0 Å². The molecule has 2 aromatic rings. The highest BCUT2D eigenvalue weighted by atomic mass is 32.2. The fourth-order valence-corrected chi connectivity index (χ4v) is 4.02.